The Morgan fingerprint density at radius 1 is 1.56 bits per heavy atom. The normalized spacial score (nSPS) is 18.8. The summed E-state index contributed by atoms with van der Waals surface area (Å²) in [7, 11) is 0. The van der Waals surface area contributed by atoms with Gasteiger partial charge in [0.2, 0.25) is 0 Å². The summed E-state index contributed by atoms with van der Waals surface area (Å²) in [5, 5.41) is 17.6. The molecule has 6 heteroatoms. The second kappa shape index (κ2) is 5.16. The monoisotopic (exact) mass is 263 g/mol. The second-order valence-electron chi connectivity index (χ2n) is 4.53. The van der Waals surface area contributed by atoms with Gasteiger partial charge in [-0.05, 0) is 53.2 Å². The topological polar surface area (TPSA) is 55.6 Å². The maximum Gasteiger partial charge on any atom is 0.165 e. The van der Waals surface area contributed by atoms with E-state index in [2.05, 4.69) is 39.2 Å². The molecular weight excluding hydrogens is 246 g/mol. The zero-order valence-corrected chi connectivity index (χ0v) is 11.3. The average Bonchev–Trinajstić information content (AvgIpc) is 3.04. The van der Waals surface area contributed by atoms with Crippen LogP contribution in [0.2, 0.25) is 0 Å². The summed E-state index contributed by atoms with van der Waals surface area (Å²) in [4.78, 5) is 1.50. The molecule has 0 aliphatic heterocycles. The Kier molecular flexibility index (Phi) is 3.38. The lowest BCUT2D eigenvalue weighted by atomic mass is 9.94. The molecule has 0 saturated heterocycles. The third-order valence-electron chi connectivity index (χ3n) is 3.41. The number of hydrogen-bond acceptors (Lipinski definition) is 5. The first-order chi connectivity index (χ1) is 8.90. The van der Waals surface area contributed by atoms with Crippen molar-refractivity contribution >= 4 is 11.3 Å². The quantitative estimate of drug-likeness (QED) is 0.913. The van der Waals surface area contributed by atoms with Crippen LogP contribution in [0.25, 0.3) is 0 Å². The lowest BCUT2D eigenvalue weighted by molar-refractivity contribution is 0.426. The van der Waals surface area contributed by atoms with Crippen molar-refractivity contribution in [2.24, 2.45) is 0 Å². The molecule has 3 rings (SSSR count). The number of fused-ring (bicyclic) bond motifs is 1. The molecule has 0 saturated carbocycles. The zero-order chi connectivity index (χ0) is 12.4. The smallest absolute Gasteiger partial charge is 0.165 e. The molecule has 1 aliphatic carbocycles. The van der Waals surface area contributed by atoms with Gasteiger partial charge in [-0.1, -0.05) is 6.92 Å². The first-order valence-corrected chi connectivity index (χ1v) is 7.32. The van der Waals surface area contributed by atoms with E-state index in [1.165, 1.54) is 23.3 Å². The molecule has 0 spiro atoms. The first-order valence-electron chi connectivity index (χ1n) is 6.44. The summed E-state index contributed by atoms with van der Waals surface area (Å²) < 4.78 is 1.99. The van der Waals surface area contributed by atoms with Gasteiger partial charge in [0.15, 0.2) is 5.82 Å². The van der Waals surface area contributed by atoms with E-state index in [0.717, 1.165) is 25.3 Å². The van der Waals surface area contributed by atoms with E-state index in [0.29, 0.717) is 6.04 Å². The third-order valence-corrected chi connectivity index (χ3v) is 4.41. The van der Waals surface area contributed by atoms with Gasteiger partial charge in [-0.2, -0.15) is 0 Å². The summed E-state index contributed by atoms with van der Waals surface area (Å²) in [5.74, 6) is 0.931. The van der Waals surface area contributed by atoms with E-state index in [1.807, 2.05) is 16.0 Å². The SMILES string of the molecule is CCNCc1nnnn1C1CCCc2sccc21. The molecule has 2 heterocycles. The zero-order valence-electron chi connectivity index (χ0n) is 10.5. The standard InChI is InChI=1S/C12H17N5S/c1-2-13-8-12-14-15-16-17(12)10-4-3-5-11-9(10)6-7-18-11/h6-7,10,13H,2-5,8H2,1H3. The molecule has 1 N–H and O–H groups in total. The van der Waals surface area contributed by atoms with Crippen molar-refractivity contribution < 1.29 is 0 Å². The van der Waals surface area contributed by atoms with Gasteiger partial charge in [0.25, 0.3) is 0 Å². The highest BCUT2D eigenvalue weighted by Crippen LogP contribution is 2.35. The summed E-state index contributed by atoms with van der Waals surface area (Å²) in [6.07, 6.45) is 3.56. The minimum Gasteiger partial charge on any atom is -0.310 e. The van der Waals surface area contributed by atoms with Crippen molar-refractivity contribution in [3.05, 3.63) is 27.7 Å². The number of aryl methyl sites for hydroxylation is 1. The molecule has 0 aromatic carbocycles. The van der Waals surface area contributed by atoms with E-state index in [1.54, 1.807) is 0 Å². The van der Waals surface area contributed by atoms with Crippen molar-refractivity contribution in [3.63, 3.8) is 0 Å². The molecule has 1 aliphatic rings. The molecule has 0 bridgehead atoms. The molecule has 5 nitrogen and oxygen atoms in total. The van der Waals surface area contributed by atoms with Crippen molar-refractivity contribution in [2.75, 3.05) is 6.54 Å². The Bertz CT molecular complexity index is 518. The minimum atomic E-state index is 0.323. The Morgan fingerprint density at radius 2 is 2.50 bits per heavy atom. The molecule has 0 radical (unpaired) electrons. The minimum absolute atomic E-state index is 0.323. The van der Waals surface area contributed by atoms with Crippen LogP contribution in [0.5, 0.6) is 0 Å². The number of hydrogen-bond donors (Lipinski definition) is 1. The van der Waals surface area contributed by atoms with E-state index in [4.69, 9.17) is 0 Å². The number of tetrazole rings is 1. The van der Waals surface area contributed by atoms with E-state index < -0.39 is 0 Å². The molecule has 96 valence electrons. The largest absolute Gasteiger partial charge is 0.310 e. The van der Waals surface area contributed by atoms with Crippen molar-refractivity contribution in [2.45, 2.75) is 38.8 Å². The maximum atomic E-state index is 4.19. The summed E-state index contributed by atoms with van der Waals surface area (Å²) in [6, 6.07) is 2.55. The highest BCUT2D eigenvalue weighted by Gasteiger charge is 2.25. The Hall–Kier alpha value is -1.27. The fourth-order valence-corrected chi connectivity index (χ4v) is 3.50. The van der Waals surface area contributed by atoms with Gasteiger partial charge in [-0.25, -0.2) is 4.68 Å². The van der Waals surface area contributed by atoms with Crippen LogP contribution in [0, 0.1) is 0 Å². The number of thiophene rings is 1. The molecule has 1 atom stereocenters. The van der Waals surface area contributed by atoms with Crippen molar-refractivity contribution in [1.82, 2.24) is 25.5 Å². The number of aromatic nitrogens is 4. The summed E-state index contributed by atoms with van der Waals surface area (Å²) >= 11 is 1.85. The van der Waals surface area contributed by atoms with Gasteiger partial charge in [0.1, 0.15) is 0 Å². The van der Waals surface area contributed by atoms with Gasteiger partial charge in [0, 0.05) is 4.88 Å². The van der Waals surface area contributed by atoms with E-state index >= 15 is 0 Å². The summed E-state index contributed by atoms with van der Waals surface area (Å²) in [5.41, 5.74) is 1.41. The van der Waals surface area contributed by atoms with Crippen LogP contribution in [0.1, 0.15) is 42.1 Å². The Labute approximate surface area is 110 Å². The molecule has 18 heavy (non-hydrogen) atoms. The molecule has 2 aromatic heterocycles. The maximum absolute atomic E-state index is 4.19. The predicted molar refractivity (Wildman–Crippen MR) is 70.6 cm³/mol. The van der Waals surface area contributed by atoms with Crippen LogP contribution in [0.15, 0.2) is 11.4 Å². The van der Waals surface area contributed by atoms with Gasteiger partial charge >= 0.3 is 0 Å². The Balaban J connectivity index is 1.90. The lowest BCUT2D eigenvalue weighted by Crippen LogP contribution is -2.22. The number of nitrogens with one attached hydrogen (secondary N) is 1. The van der Waals surface area contributed by atoms with E-state index in [9.17, 15) is 0 Å². The van der Waals surface area contributed by atoms with Crippen LogP contribution < -0.4 is 5.32 Å². The predicted octanol–water partition coefficient (Wildman–Crippen LogP) is 1.77. The molecule has 0 amide bonds. The highest BCUT2D eigenvalue weighted by atomic mass is 32.1. The first kappa shape index (κ1) is 11.8. The average molecular weight is 263 g/mol. The molecule has 0 fully saturated rings. The Morgan fingerprint density at radius 3 is 3.39 bits per heavy atom. The molecule has 1 unspecified atom stereocenters. The van der Waals surface area contributed by atoms with Crippen LogP contribution in [-0.4, -0.2) is 26.8 Å². The van der Waals surface area contributed by atoms with Gasteiger partial charge in [-0.15, -0.1) is 16.4 Å². The molecule has 2 aromatic rings. The molecular formula is C12H17N5S. The lowest BCUT2D eigenvalue weighted by Gasteiger charge is -2.23. The fraction of sp³-hybridized carbons (Fsp3) is 0.583. The van der Waals surface area contributed by atoms with Crippen LogP contribution in [0.3, 0.4) is 0 Å². The number of rotatable bonds is 4. The number of nitrogens with zero attached hydrogens (tertiary/aromatic N) is 4. The summed E-state index contributed by atoms with van der Waals surface area (Å²) in [6.45, 7) is 3.76. The fourth-order valence-electron chi connectivity index (χ4n) is 2.52. The van der Waals surface area contributed by atoms with Gasteiger partial charge in [0.05, 0.1) is 12.6 Å². The van der Waals surface area contributed by atoms with Crippen LogP contribution in [-0.2, 0) is 13.0 Å². The van der Waals surface area contributed by atoms with Crippen molar-refractivity contribution in [1.29, 1.82) is 0 Å². The second-order valence-corrected chi connectivity index (χ2v) is 5.53. The van der Waals surface area contributed by atoms with Gasteiger partial charge in [-0.3, -0.25) is 0 Å². The van der Waals surface area contributed by atoms with Crippen LogP contribution >= 0.6 is 11.3 Å². The van der Waals surface area contributed by atoms with Crippen LogP contribution in [0.4, 0.5) is 0 Å². The highest BCUT2D eigenvalue weighted by molar-refractivity contribution is 7.10. The third kappa shape index (κ3) is 2.06. The van der Waals surface area contributed by atoms with E-state index in [-0.39, 0.29) is 0 Å². The van der Waals surface area contributed by atoms with Crippen molar-refractivity contribution in [3.8, 4) is 0 Å². The van der Waals surface area contributed by atoms with Gasteiger partial charge < -0.3 is 5.32 Å².